The Morgan fingerprint density at radius 1 is 1.14 bits per heavy atom. The van der Waals surface area contributed by atoms with Crippen molar-refractivity contribution in [3.8, 4) is 0 Å². The van der Waals surface area contributed by atoms with Crippen molar-refractivity contribution < 1.29 is 8.85 Å². The van der Waals surface area contributed by atoms with Gasteiger partial charge in [-0.1, -0.05) is 25.3 Å². The average molecular weight is 214 g/mol. The van der Waals surface area contributed by atoms with E-state index in [1.165, 1.54) is 37.3 Å². The summed E-state index contributed by atoms with van der Waals surface area (Å²) >= 11 is 0. The Kier molecular flexibility index (Phi) is 5.44. The van der Waals surface area contributed by atoms with Crippen LogP contribution < -0.4 is 0 Å². The minimum atomic E-state index is -1.50. The predicted octanol–water partition coefficient (Wildman–Crippen LogP) is 2.57. The summed E-state index contributed by atoms with van der Waals surface area (Å²) in [6, 6.07) is 0. The van der Waals surface area contributed by atoms with Crippen LogP contribution in [0.15, 0.2) is 11.3 Å². The quantitative estimate of drug-likeness (QED) is 0.670. The van der Waals surface area contributed by atoms with Crippen molar-refractivity contribution in [1.82, 2.24) is 0 Å². The number of hydrogen-bond acceptors (Lipinski definition) is 2. The molecule has 0 unspecified atom stereocenters. The molecule has 0 aromatic heterocycles. The van der Waals surface area contributed by atoms with Crippen molar-refractivity contribution in [2.75, 3.05) is 14.2 Å². The molecule has 0 aliphatic heterocycles. The smallest absolute Gasteiger partial charge is 0.350 e. The SMILES string of the molecule is CO[SiH](OC)C(C)=CC1CCCCC1. The van der Waals surface area contributed by atoms with Gasteiger partial charge in [0, 0.05) is 14.2 Å². The summed E-state index contributed by atoms with van der Waals surface area (Å²) < 4.78 is 10.7. The van der Waals surface area contributed by atoms with Crippen molar-refractivity contribution in [1.29, 1.82) is 0 Å². The highest BCUT2D eigenvalue weighted by atomic mass is 28.3. The van der Waals surface area contributed by atoms with E-state index in [0.29, 0.717) is 0 Å². The Labute approximate surface area is 89.1 Å². The Morgan fingerprint density at radius 2 is 1.71 bits per heavy atom. The molecule has 0 amide bonds. The van der Waals surface area contributed by atoms with Crippen molar-refractivity contribution in [2.24, 2.45) is 5.92 Å². The molecular weight excluding hydrogens is 192 g/mol. The molecule has 2 nitrogen and oxygen atoms in total. The van der Waals surface area contributed by atoms with Gasteiger partial charge < -0.3 is 8.85 Å². The van der Waals surface area contributed by atoms with Crippen LogP contribution in [0.25, 0.3) is 0 Å². The highest BCUT2D eigenvalue weighted by Gasteiger charge is 2.16. The fraction of sp³-hybridized carbons (Fsp3) is 0.818. The van der Waals surface area contributed by atoms with E-state index in [4.69, 9.17) is 8.85 Å². The lowest BCUT2D eigenvalue weighted by atomic mass is 9.89. The van der Waals surface area contributed by atoms with E-state index in [0.717, 1.165) is 5.92 Å². The Balaban J connectivity index is 2.47. The molecule has 1 saturated carbocycles. The van der Waals surface area contributed by atoms with E-state index >= 15 is 0 Å². The molecule has 82 valence electrons. The van der Waals surface area contributed by atoms with Gasteiger partial charge in [0.2, 0.25) is 0 Å². The van der Waals surface area contributed by atoms with E-state index in [9.17, 15) is 0 Å². The molecule has 0 bridgehead atoms. The summed E-state index contributed by atoms with van der Waals surface area (Å²) in [5, 5.41) is 1.35. The van der Waals surface area contributed by atoms with E-state index in [1.54, 1.807) is 14.2 Å². The average Bonchev–Trinajstić information content (AvgIpc) is 2.21. The molecule has 1 aliphatic carbocycles. The van der Waals surface area contributed by atoms with Crippen LogP contribution in [-0.2, 0) is 8.85 Å². The maximum Gasteiger partial charge on any atom is 0.350 e. The Morgan fingerprint density at radius 3 is 2.21 bits per heavy atom. The minimum absolute atomic E-state index is 0.782. The second-order valence-electron chi connectivity index (χ2n) is 4.11. The normalized spacial score (nSPS) is 20.4. The highest BCUT2D eigenvalue weighted by molar-refractivity contribution is 6.53. The molecule has 0 saturated heterocycles. The lowest BCUT2D eigenvalue weighted by Gasteiger charge is -2.20. The van der Waals surface area contributed by atoms with Gasteiger partial charge in [0.1, 0.15) is 0 Å². The lowest BCUT2D eigenvalue weighted by Crippen LogP contribution is -2.22. The lowest BCUT2D eigenvalue weighted by molar-refractivity contribution is 0.286. The zero-order valence-electron chi connectivity index (χ0n) is 9.58. The molecule has 1 aliphatic rings. The zero-order chi connectivity index (χ0) is 10.4. The maximum absolute atomic E-state index is 5.35. The molecular formula is C11H22O2Si. The van der Waals surface area contributed by atoms with Crippen molar-refractivity contribution >= 4 is 9.28 Å². The maximum atomic E-state index is 5.35. The number of rotatable bonds is 4. The largest absolute Gasteiger partial charge is 0.397 e. The third-order valence-electron chi connectivity index (χ3n) is 2.95. The fourth-order valence-corrected chi connectivity index (χ4v) is 3.58. The molecule has 0 aromatic carbocycles. The summed E-state index contributed by atoms with van der Waals surface area (Å²) in [6.07, 6.45) is 9.29. The molecule has 3 heteroatoms. The van der Waals surface area contributed by atoms with Crippen LogP contribution in [0.3, 0.4) is 0 Å². The van der Waals surface area contributed by atoms with Gasteiger partial charge in [-0.3, -0.25) is 0 Å². The molecule has 0 N–H and O–H groups in total. The second kappa shape index (κ2) is 6.38. The van der Waals surface area contributed by atoms with Crippen LogP contribution >= 0.6 is 0 Å². The Bertz CT molecular complexity index is 182. The first-order chi connectivity index (χ1) is 6.77. The van der Waals surface area contributed by atoms with Crippen LogP contribution in [-0.4, -0.2) is 23.5 Å². The van der Waals surface area contributed by atoms with Gasteiger partial charge in [-0.2, -0.15) is 0 Å². The molecule has 1 rings (SSSR count). The van der Waals surface area contributed by atoms with Gasteiger partial charge in [0.25, 0.3) is 0 Å². The molecule has 0 radical (unpaired) electrons. The van der Waals surface area contributed by atoms with Crippen LogP contribution in [0, 0.1) is 5.92 Å². The first kappa shape index (κ1) is 11.9. The number of hydrogen-bond donors (Lipinski definition) is 0. The minimum Gasteiger partial charge on any atom is -0.397 e. The van der Waals surface area contributed by atoms with Gasteiger partial charge in [-0.15, -0.1) is 0 Å². The van der Waals surface area contributed by atoms with E-state index in [1.807, 2.05) is 0 Å². The van der Waals surface area contributed by atoms with Crippen LogP contribution in [0.5, 0.6) is 0 Å². The highest BCUT2D eigenvalue weighted by Crippen LogP contribution is 2.25. The van der Waals surface area contributed by atoms with Crippen LogP contribution in [0.2, 0.25) is 0 Å². The van der Waals surface area contributed by atoms with Crippen molar-refractivity contribution in [2.45, 2.75) is 39.0 Å². The third kappa shape index (κ3) is 3.56. The van der Waals surface area contributed by atoms with E-state index in [-0.39, 0.29) is 0 Å². The summed E-state index contributed by atoms with van der Waals surface area (Å²) in [5.41, 5.74) is 0. The molecule has 0 aromatic rings. The second-order valence-corrected chi connectivity index (χ2v) is 6.63. The first-order valence-corrected chi connectivity index (χ1v) is 7.04. The van der Waals surface area contributed by atoms with Gasteiger partial charge in [0.05, 0.1) is 0 Å². The molecule has 0 spiro atoms. The summed E-state index contributed by atoms with van der Waals surface area (Å²) in [5.74, 6) is 0.782. The van der Waals surface area contributed by atoms with Crippen molar-refractivity contribution in [3.05, 3.63) is 11.3 Å². The van der Waals surface area contributed by atoms with Crippen LogP contribution in [0.4, 0.5) is 0 Å². The van der Waals surface area contributed by atoms with Crippen molar-refractivity contribution in [3.63, 3.8) is 0 Å². The first-order valence-electron chi connectivity index (χ1n) is 5.52. The standard InChI is InChI=1S/C11H22O2Si/c1-10(14(12-2)13-3)9-11-7-5-4-6-8-11/h9,11,14H,4-8H2,1-3H3. The zero-order valence-corrected chi connectivity index (χ0v) is 10.7. The summed E-state index contributed by atoms with van der Waals surface area (Å²) in [7, 11) is 2.00. The topological polar surface area (TPSA) is 18.5 Å². The number of allylic oxidation sites excluding steroid dienone is 2. The molecule has 1 fully saturated rings. The van der Waals surface area contributed by atoms with Gasteiger partial charge in [0.15, 0.2) is 0 Å². The van der Waals surface area contributed by atoms with Crippen LogP contribution in [0.1, 0.15) is 39.0 Å². The molecule has 14 heavy (non-hydrogen) atoms. The van der Waals surface area contributed by atoms with E-state index in [2.05, 4.69) is 13.0 Å². The van der Waals surface area contributed by atoms with Gasteiger partial charge in [-0.05, 0) is 30.9 Å². The fourth-order valence-electron chi connectivity index (χ4n) is 2.22. The summed E-state index contributed by atoms with van der Waals surface area (Å²) in [4.78, 5) is 0. The summed E-state index contributed by atoms with van der Waals surface area (Å²) in [6.45, 7) is 2.15. The predicted molar refractivity (Wildman–Crippen MR) is 61.5 cm³/mol. The molecule has 0 heterocycles. The monoisotopic (exact) mass is 214 g/mol. The Hall–Kier alpha value is -0.123. The molecule has 0 atom stereocenters. The van der Waals surface area contributed by atoms with Gasteiger partial charge in [-0.25, -0.2) is 0 Å². The van der Waals surface area contributed by atoms with Gasteiger partial charge >= 0.3 is 9.28 Å². The third-order valence-corrected chi connectivity index (χ3v) is 4.74. The van der Waals surface area contributed by atoms with E-state index < -0.39 is 9.28 Å².